The van der Waals surface area contributed by atoms with Crippen LogP contribution in [0.2, 0.25) is 5.02 Å². The molecule has 0 saturated carbocycles. The van der Waals surface area contributed by atoms with E-state index in [1.165, 1.54) is 11.8 Å². The van der Waals surface area contributed by atoms with Gasteiger partial charge in [0.25, 0.3) is 0 Å². The van der Waals surface area contributed by atoms with Gasteiger partial charge in [-0.25, -0.2) is 15.0 Å². The van der Waals surface area contributed by atoms with Crippen LogP contribution in [-0.4, -0.2) is 19.9 Å². The summed E-state index contributed by atoms with van der Waals surface area (Å²) >= 11 is 6.11. The first-order valence-electron chi connectivity index (χ1n) is 5.93. The number of pyridine rings is 1. The van der Waals surface area contributed by atoms with Crippen molar-refractivity contribution in [2.75, 3.05) is 5.73 Å². The fourth-order valence-corrected chi connectivity index (χ4v) is 2.26. The number of nitrogens with two attached hydrogens (primary N) is 1. The molecular formula is C13H12ClN5. The number of nitrogen functional groups attached to an aromatic ring is 1. The number of halogens is 1. The zero-order chi connectivity index (χ0) is 13.4. The lowest BCUT2D eigenvalue weighted by molar-refractivity contribution is 1.15. The molecule has 5 nitrogen and oxygen atoms in total. The summed E-state index contributed by atoms with van der Waals surface area (Å²) in [5, 5.41) is 1.54. The van der Waals surface area contributed by atoms with Gasteiger partial charge in [-0.2, -0.15) is 0 Å². The van der Waals surface area contributed by atoms with Gasteiger partial charge >= 0.3 is 0 Å². The van der Waals surface area contributed by atoms with Crippen LogP contribution >= 0.6 is 11.6 Å². The molecule has 3 aromatic rings. The van der Waals surface area contributed by atoms with Crippen LogP contribution in [0.1, 0.15) is 12.5 Å². The van der Waals surface area contributed by atoms with Crippen LogP contribution in [0.4, 0.5) is 5.95 Å². The van der Waals surface area contributed by atoms with Gasteiger partial charge in [-0.05, 0) is 18.1 Å². The number of aryl methyl sites for hydroxylation is 1. The highest BCUT2D eigenvalue weighted by molar-refractivity contribution is 6.32. The van der Waals surface area contributed by atoms with Gasteiger partial charge in [0.2, 0.25) is 5.95 Å². The van der Waals surface area contributed by atoms with Crippen molar-refractivity contribution in [3.05, 3.63) is 35.2 Å². The average Bonchev–Trinajstić information content (AvgIpc) is 2.83. The molecule has 0 saturated heterocycles. The third-order valence-corrected chi connectivity index (χ3v) is 3.31. The number of aromatic nitrogens is 4. The largest absolute Gasteiger partial charge is 0.368 e. The lowest BCUT2D eigenvalue weighted by Crippen LogP contribution is -1.97. The van der Waals surface area contributed by atoms with Crippen molar-refractivity contribution in [2.24, 2.45) is 0 Å². The normalized spacial score (nSPS) is 11.1. The Kier molecular flexibility index (Phi) is 2.83. The predicted molar refractivity (Wildman–Crippen MR) is 75.9 cm³/mol. The molecule has 0 spiro atoms. The van der Waals surface area contributed by atoms with Crippen molar-refractivity contribution in [1.82, 2.24) is 19.9 Å². The van der Waals surface area contributed by atoms with Crippen molar-refractivity contribution in [3.63, 3.8) is 0 Å². The summed E-state index contributed by atoms with van der Waals surface area (Å²) in [7, 11) is 0. The Hall–Kier alpha value is -2.14. The monoisotopic (exact) mass is 273 g/mol. The minimum Gasteiger partial charge on any atom is -0.368 e. The fraction of sp³-hybridized carbons (Fsp3) is 0.154. The molecule has 0 aliphatic rings. The quantitative estimate of drug-likeness (QED) is 0.752. The Morgan fingerprint density at radius 1 is 1.32 bits per heavy atom. The summed E-state index contributed by atoms with van der Waals surface area (Å²) in [5.74, 6) is 0.198. The van der Waals surface area contributed by atoms with Gasteiger partial charge in [-0.15, -0.1) is 0 Å². The van der Waals surface area contributed by atoms with Gasteiger partial charge in [-0.1, -0.05) is 18.5 Å². The van der Waals surface area contributed by atoms with Gasteiger partial charge in [0.15, 0.2) is 0 Å². The maximum absolute atomic E-state index is 6.11. The third kappa shape index (κ3) is 2.02. The third-order valence-electron chi connectivity index (χ3n) is 3.03. The van der Waals surface area contributed by atoms with E-state index in [1.807, 2.05) is 12.3 Å². The molecule has 96 valence electrons. The molecule has 3 heterocycles. The minimum atomic E-state index is 0.198. The van der Waals surface area contributed by atoms with Crippen LogP contribution in [-0.2, 0) is 6.42 Å². The van der Waals surface area contributed by atoms with Crippen molar-refractivity contribution in [3.8, 4) is 11.3 Å². The standard InChI is InChI=1S/C13H12ClN5/c1-2-7-4-16-12-9(7)3-8(5-17-12)11-10(14)6-18-13(15)19-11/h3-6H,2H2,1H3,(H,16,17)(H2,15,18,19). The summed E-state index contributed by atoms with van der Waals surface area (Å²) in [5.41, 5.74) is 9.11. The van der Waals surface area contributed by atoms with Gasteiger partial charge in [0.05, 0.1) is 16.9 Å². The molecule has 0 bridgehead atoms. The molecule has 0 atom stereocenters. The number of anilines is 1. The molecule has 0 fully saturated rings. The smallest absolute Gasteiger partial charge is 0.220 e. The minimum absolute atomic E-state index is 0.198. The summed E-state index contributed by atoms with van der Waals surface area (Å²) in [6.07, 6.45) is 6.13. The van der Waals surface area contributed by atoms with Crippen LogP contribution in [0, 0.1) is 0 Å². The van der Waals surface area contributed by atoms with Crippen LogP contribution < -0.4 is 5.73 Å². The maximum Gasteiger partial charge on any atom is 0.220 e. The molecule has 0 unspecified atom stereocenters. The number of hydrogen-bond acceptors (Lipinski definition) is 4. The van der Waals surface area contributed by atoms with Gasteiger partial charge in [0, 0.05) is 23.3 Å². The number of fused-ring (bicyclic) bond motifs is 1. The SMILES string of the molecule is CCc1c[nH]c2ncc(-c3nc(N)ncc3Cl)cc12. The van der Waals surface area contributed by atoms with Crippen LogP contribution in [0.3, 0.4) is 0 Å². The molecule has 0 radical (unpaired) electrons. The molecule has 3 aromatic heterocycles. The first-order valence-corrected chi connectivity index (χ1v) is 6.31. The summed E-state index contributed by atoms with van der Waals surface area (Å²) < 4.78 is 0. The van der Waals surface area contributed by atoms with Crippen molar-refractivity contribution in [2.45, 2.75) is 13.3 Å². The molecule has 0 aliphatic carbocycles. The van der Waals surface area contributed by atoms with Crippen LogP contribution in [0.25, 0.3) is 22.3 Å². The highest BCUT2D eigenvalue weighted by Gasteiger charge is 2.10. The van der Waals surface area contributed by atoms with E-state index < -0.39 is 0 Å². The Balaban J connectivity index is 2.22. The topological polar surface area (TPSA) is 80.5 Å². The van der Waals surface area contributed by atoms with E-state index in [1.54, 1.807) is 6.20 Å². The number of H-pyrrole nitrogens is 1. The zero-order valence-electron chi connectivity index (χ0n) is 10.3. The molecule has 19 heavy (non-hydrogen) atoms. The second-order valence-corrected chi connectivity index (χ2v) is 4.62. The van der Waals surface area contributed by atoms with E-state index in [-0.39, 0.29) is 5.95 Å². The molecule has 0 amide bonds. The predicted octanol–water partition coefficient (Wildman–Crippen LogP) is 2.82. The first kappa shape index (κ1) is 11.9. The van der Waals surface area contributed by atoms with Crippen LogP contribution in [0.15, 0.2) is 24.7 Å². The second-order valence-electron chi connectivity index (χ2n) is 4.21. The molecule has 0 aromatic carbocycles. The number of hydrogen-bond donors (Lipinski definition) is 2. The van der Waals surface area contributed by atoms with E-state index >= 15 is 0 Å². The van der Waals surface area contributed by atoms with Crippen molar-refractivity contribution in [1.29, 1.82) is 0 Å². The lowest BCUT2D eigenvalue weighted by Gasteiger charge is -2.04. The Morgan fingerprint density at radius 3 is 2.95 bits per heavy atom. The fourth-order valence-electron chi connectivity index (χ4n) is 2.06. The van der Waals surface area contributed by atoms with Crippen molar-refractivity contribution >= 4 is 28.6 Å². The van der Waals surface area contributed by atoms with E-state index in [0.717, 1.165) is 23.0 Å². The second kappa shape index (κ2) is 4.51. The lowest BCUT2D eigenvalue weighted by atomic mass is 10.1. The Morgan fingerprint density at radius 2 is 2.16 bits per heavy atom. The van der Waals surface area contributed by atoms with Gasteiger partial charge in [0.1, 0.15) is 5.65 Å². The summed E-state index contributed by atoms with van der Waals surface area (Å²) in [4.78, 5) is 15.6. The molecule has 3 rings (SSSR count). The van der Waals surface area contributed by atoms with Crippen molar-refractivity contribution < 1.29 is 0 Å². The zero-order valence-corrected chi connectivity index (χ0v) is 11.1. The first-order chi connectivity index (χ1) is 9.19. The Bertz CT molecular complexity index is 750. The molecular weight excluding hydrogens is 262 g/mol. The highest BCUT2D eigenvalue weighted by Crippen LogP contribution is 2.28. The van der Waals surface area contributed by atoms with Crippen LogP contribution in [0.5, 0.6) is 0 Å². The van der Waals surface area contributed by atoms with E-state index in [4.69, 9.17) is 17.3 Å². The summed E-state index contributed by atoms with van der Waals surface area (Å²) in [6.45, 7) is 2.10. The van der Waals surface area contributed by atoms with E-state index in [2.05, 4.69) is 26.9 Å². The number of aromatic amines is 1. The molecule has 3 N–H and O–H groups in total. The average molecular weight is 274 g/mol. The maximum atomic E-state index is 6.11. The summed E-state index contributed by atoms with van der Waals surface area (Å²) in [6, 6.07) is 2.02. The van der Waals surface area contributed by atoms with E-state index in [0.29, 0.717) is 10.7 Å². The van der Waals surface area contributed by atoms with E-state index in [9.17, 15) is 0 Å². The molecule has 6 heteroatoms. The van der Waals surface area contributed by atoms with Gasteiger partial charge in [-0.3, -0.25) is 0 Å². The molecule has 0 aliphatic heterocycles. The van der Waals surface area contributed by atoms with Gasteiger partial charge < -0.3 is 10.7 Å². The highest BCUT2D eigenvalue weighted by atomic mass is 35.5. The number of nitrogens with zero attached hydrogens (tertiary/aromatic N) is 3. The Labute approximate surface area is 114 Å². The number of rotatable bonds is 2. The number of nitrogens with one attached hydrogen (secondary N) is 1.